The summed E-state index contributed by atoms with van der Waals surface area (Å²) < 4.78 is 7.07. The summed E-state index contributed by atoms with van der Waals surface area (Å²) in [6, 6.07) is 12.8. The maximum Gasteiger partial charge on any atom is 0.298 e. The number of fused-ring (bicyclic) bond motifs is 1. The van der Waals surface area contributed by atoms with E-state index >= 15 is 0 Å². The van der Waals surface area contributed by atoms with Crippen molar-refractivity contribution in [1.82, 2.24) is 14.8 Å². The van der Waals surface area contributed by atoms with Crippen LogP contribution in [0.15, 0.2) is 44.6 Å². The Kier molecular flexibility index (Phi) is 5.80. The summed E-state index contributed by atoms with van der Waals surface area (Å²) in [4.78, 5) is 25.7. The van der Waals surface area contributed by atoms with Crippen LogP contribution in [0.4, 0.5) is 6.01 Å². The molecule has 2 saturated heterocycles. The molecule has 0 saturated carbocycles. The molecule has 1 aromatic carbocycles. The number of halogens is 1. The minimum absolute atomic E-state index is 0.116. The Bertz CT molecular complexity index is 986. The van der Waals surface area contributed by atoms with Crippen molar-refractivity contribution in [3.05, 3.63) is 45.1 Å². The third-order valence-corrected chi connectivity index (χ3v) is 7.70. The van der Waals surface area contributed by atoms with E-state index < -0.39 is 0 Å². The Balaban J connectivity index is 1.12. The van der Waals surface area contributed by atoms with Crippen molar-refractivity contribution in [2.45, 2.75) is 19.4 Å². The van der Waals surface area contributed by atoms with Crippen molar-refractivity contribution < 1.29 is 9.21 Å². The van der Waals surface area contributed by atoms with Gasteiger partial charge in [0.1, 0.15) is 5.52 Å². The quantitative estimate of drug-likeness (QED) is 0.550. The lowest BCUT2D eigenvalue weighted by molar-refractivity contribution is -0.138. The van der Waals surface area contributed by atoms with Gasteiger partial charge in [-0.2, -0.15) is 4.98 Å². The molecule has 1 amide bonds. The molecule has 6 nitrogen and oxygen atoms in total. The van der Waals surface area contributed by atoms with Gasteiger partial charge in [0.05, 0.1) is 3.79 Å². The maximum atomic E-state index is 13.1. The van der Waals surface area contributed by atoms with Crippen LogP contribution < -0.4 is 4.90 Å². The molecule has 8 heteroatoms. The number of nitrogens with zero attached hydrogens (tertiary/aromatic N) is 4. The van der Waals surface area contributed by atoms with Gasteiger partial charge in [0.25, 0.3) is 6.01 Å². The van der Waals surface area contributed by atoms with Gasteiger partial charge < -0.3 is 14.2 Å². The first-order valence-corrected chi connectivity index (χ1v) is 12.1. The van der Waals surface area contributed by atoms with Gasteiger partial charge in [-0.25, -0.2) is 0 Å². The first kappa shape index (κ1) is 20.0. The van der Waals surface area contributed by atoms with Gasteiger partial charge in [0.15, 0.2) is 5.58 Å². The molecule has 2 aliphatic rings. The molecule has 0 N–H and O–H groups in total. The number of para-hydroxylation sites is 2. The van der Waals surface area contributed by atoms with Crippen molar-refractivity contribution in [2.24, 2.45) is 5.92 Å². The van der Waals surface area contributed by atoms with Crippen LogP contribution >= 0.6 is 27.3 Å². The number of piperazine rings is 1. The Hall–Kier alpha value is -1.90. The SMILES string of the molecule is O=C(C1CCN(c2nc3ccccc3o2)CC1)N1CCN(Cc2ccc(Br)s2)CC1. The molecular formula is C22H25BrN4O2S. The first-order chi connectivity index (χ1) is 14.7. The molecule has 0 aliphatic carbocycles. The molecule has 4 heterocycles. The van der Waals surface area contributed by atoms with Gasteiger partial charge in [0, 0.05) is 56.6 Å². The zero-order valence-electron chi connectivity index (χ0n) is 16.8. The van der Waals surface area contributed by atoms with Crippen LogP contribution in [0.1, 0.15) is 17.7 Å². The van der Waals surface area contributed by atoms with Crippen LogP contribution in [0.5, 0.6) is 0 Å². The summed E-state index contributed by atoms with van der Waals surface area (Å²) in [5, 5.41) is 0. The van der Waals surface area contributed by atoms with E-state index in [2.05, 4.69) is 47.7 Å². The minimum Gasteiger partial charge on any atom is -0.423 e. The van der Waals surface area contributed by atoms with E-state index in [1.54, 1.807) is 11.3 Å². The summed E-state index contributed by atoms with van der Waals surface area (Å²) in [5.74, 6) is 0.441. The standard InChI is InChI=1S/C22H25BrN4O2S/c23-20-6-5-17(30-20)15-25-11-13-26(14-12-25)21(28)16-7-9-27(10-8-16)22-24-18-3-1-2-4-19(18)29-22/h1-6,16H,7-15H2. The number of aromatic nitrogens is 1. The fourth-order valence-electron chi connectivity index (χ4n) is 4.35. The van der Waals surface area contributed by atoms with E-state index in [0.717, 1.165) is 69.8 Å². The Morgan fingerprint density at radius 1 is 1.07 bits per heavy atom. The molecular weight excluding hydrogens is 464 g/mol. The second kappa shape index (κ2) is 8.69. The van der Waals surface area contributed by atoms with E-state index in [1.165, 1.54) is 8.66 Å². The lowest BCUT2D eigenvalue weighted by Gasteiger charge is -2.38. The first-order valence-electron chi connectivity index (χ1n) is 10.5. The fraction of sp³-hybridized carbons (Fsp3) is 0.455. The van der Waals surface area contributed by atoms with E-state index in [-0.39, 0.29) is 5.92 Å². The normalized spacial score (nSPS) is 19.0. The molecule has 0 bridgehead atoms. The zero-order chi connectivity index (χ0) is 20.5. The average Bonchev–Trinajstić information content (AvgIpc) is 3.40. The van der Waals surface area contributed by atoms with Gasteiger partial charge in [-0.05, 0) is 53.0 Å². The molecule has 0 unspecified atom stereocenters. The Morgan fingerprint density at radius 3 is 2.53 bits per heavy atom. The summed E-state index contributed by atoms with van der Waals surface area (Å²) in [6.45, 7) is 6.16. The summed E-state index contributed by atoms with van der Waals surface area (Å²) in [6.07, 6.45) is 1.72. The van der Waals surface area contributed by atoms with Crippen molar-refractivity contribution in [3.63, 3.8) is 0 Å². The smallest absolute Gasteiger partial charge is 0.298 e. The fourth-order valence-corrected chi connectivity index (χ4v) is 5.88. The topological polar surface area (TPSA) is 52.8 Å². The van der Waals surface area contributed by atoms with E-state index in [1.807, 2.05) is 24.3 Å². The number of hydrogen-bond acceptors (Lipinski definition) is 6. The highest BCUT2D eigenvalue weighted by molar-refractivity contribution is 9.11. The number of amides is 1. The third kappa shape index (κ3) is 4.26. The number of carbonyl (C=O) groups is 1. The predicted octanol–water partition coefficient (Wildman–Crippen LogP) is 4.21. The highest BCUT2D eigenvalue weighted by Crippen LogP contribution is 2.28. The third-order valence-electron chi connectivity index (χ3n) is 6.09. The molecule has 2 aromatic heterocycles. The largest absolute Gasteiger partial charge is 0.423 e. The second-order valence-electron chi connectivity index (χ2n) is 8.03. The average molecular weight is 489 g/mol. The summed E-state index contributed by atoms with van der Waals surface area (Å²) in [5.41, 5.74) is 1.71. The molecule has 2 fully saturated rings. The van der Waals surface area contributed by atoms with Crippen LogP contribution in [-0.2, 0) is 11.3 Å². The molecule has 3 aromatic rings. The lowest BCUT2D eigenvalue weighted by atomic mass is 9.95. The molecule has 0 radical (unpaired) electrons. The Morgan fingerprint density at radius 2 is 1.83 bits per heavy atom. The number of oxazole rings is 1. The predicted molar refractivity (Wildman–Crippen MR) is 123 cm³/mol. The Labute approximate surface area is 188 Å². The second-order valence-corrected chi connectivity index (χ2v) is 10.6. The molecule has 2 aliphatic heterocycles. The molecule has 5 rings (SSSR count). The number of carbonyl (C=O) groups excluding carboxylic acids is 1. The zero-order valence-corrected chi connectivity index (χ0v) is 19.2. The number of anilines is 1. The van der Waals surface area contributed by atoms with Gasteiger partial charge >= 0.3 is 0 Å². The van der Waals surface area contributed by atoms with Crippen molar-refractivity contribution in [3.8, 4) is 0 Å². The summed E-state index contributed by atoms with van der Waals surface area (Å²) in [7, 11) is 0. The monoisotopic (exact) mass is 488 g/mol. The lowest BCUT2D eigenvalue weighted by Crippen LogP contribution is -2.51. The van der Waals surface area contributed by atoms with Crippen molar-refractivity contribution in [2.75, 3.05) is 44.2 Å². The van der Waals surface area contributed by atoms with E-state index in [9.17, 15) is 4.79 Å². The number of piperidine rings is 1. The van der Waals surface area contributed by atoms with Crippen LogP contribution in [0.2, 0.25) is 0 Å². The van der Waals surface area contributed by atoms with E-state index in [0.29, 0.717) is 11.9 Å². The van der Waals surface area contributed by atoms with Gasteiger partial charge in [-0.1, -0.05) is 12.1 Å². The van der Waals surface area contributed by atoms with Crippen LogP contribution in [-0.4, -0.2) is 60.0 Å². The van der Waals surface area contributed by atoms with Crippen LogP contribution in [0.25, 0.3) is 11.1 Å². The molecule has 30 heavy (non-hydrogen) atoms. The highest BCUT2D eigenvalue weighted by atomic mass is 79.9. The highest BCUT2D eigenvalue weighted by Gasteiger charge is 2.31. The van der Waals surface area contributed by atoms with E-state index in [4.69, 9.17) is 4.42 Å². The summed E-state index contributed by atoms with van der Waals surface area (Å²) >= 11 is 5.32. The minimum atomic E-state index is 0.116. The maximum absolute atomic E-state index is 13.1. The number of thiophene rings is 1. The number of rotatable bonds is 4. The molecule has 0 spiro atoms. The van der Waals surface area contributed by atoms with Crippen molar-refractivity contribution in [1.29, 1.82) is 0 Å². The van der Waals surface area contributed by atoms with Crippen LogP contribution in [0, 0.1) is 5.92 Å². The van der Waals surface area contributed by atoms with Crippen molar-refractivity contribution >= 4 is 50.3 Å². The number of hydrogen-bond donors (Lipinski definition) is 0. The van der Waals surface area contributed by atoms with Crippen LogP contribution in [0.3, 0.4) is 0 Å². The number of benzene rings is 1. The van der Waals surface area contributed by atoms with Gasteiger partial charge in [-0.3, -0.25) is 9.69 Å². The molecule has 0 atom stereocenters. The molecule has 158 valence electrons. The van der Waals surface area contributed by atoms with Gasteiger partial charge in [0.2, 0.25) is 5.91 Å². The van der Waals surface area contributed by atoms with Gasteiger partial charge in [-0.15, -0.1) is 11.3 Å².